The molecule has 2 nitrogen and oxygen atoms in total. The molecule has 0 bridgehead atoms. The van der Waals surface area contributed by atoms with Crippen LogP contribution in [0.1, 0.15) is 46.5 Å². The van der Waals surface area contributed by atoms with E-state index in [1.165, 1.54) is 45.3 Å². The van der Waals surface area contributed by atoms with Crippen molar-refractivity contribution in [3.8, 4) is 0 Å². The van der Waals surface area contributed by atoms with Gasteiger partial charge in [0.1, 0.15) is 0 Å². The van der Waals surface area contributed by atoms with Gasteiger partial charge in [-0.15, -0.1) is 0 Å². The molecule has 0 saturated carbocycles. The molecule has 0 aromatic carbocycles. The van der Waals surface area contributed by atoms with Gasteiger partial charge in [-0.05, 0) is 71.3 Å². The fourth-order valence-corrected chi connectivity index (χ4v) is 2.40. The van der Waals surface area contributed by atoms with Crippen molar-refractivity contribution in [1.29, 1.82) is 0 Å². The van der Waals surface area contributed by atoms with E-state index in [0.29, 0.717) is 0 Å². The van der Waals surface area contributed by atoms with Crippen molar-refractivity contribution in [2.45, 2.75) is 46.5 Å². The van der Waals surface area contributed by atoms with Gasteiger partial charge in [-0.2, -0.15) is 0 Å². The minimum Gasteiger partial charge on any atom is -0.378 e. The maximum absolute atomic E-state index is 2.62. The fraction of sp³-hybridized carbons (Fsp3) is 0.867. The Morgan fingerprint density at radius 2 is 1.82 bits per heavy atom. The summed E-state index contributed by atoms with van der Waals surface area (Å²) in [6.07, 6.45) is 10.0. The van der Waals surface area contributed by atoms with Crippen LogP contribution in [-0.2, 0) is 0 Å². The molecular formula is C15H30N2. The number of nitrogens with zero attached hydrogens (tertiary/aromatic N) is 2. The topological polar surface area (TPSA) is 6.48 Å². The van der Waals surface area contributed by atoms with Gasteiger partial charge in [-0.3, -0.25) is 0 Å². The second-order valence-corrected chi connectivity index (χ2v) is 5.28. The summed E-state index contributed by atoms with van der Waals surface area (Å²) in [5.74, 6) is 0.822. The van der Waals surface area contributed by atoms with Crippen LogP contribution in [0.2, 0.25) is 0 Å². The second kappa shape index (κ2) is 8.57. The summed E-state index contributed by atoms with van der Waals surface area (Å²) in [4.78, 5) is 4.97. The molecule has 1 atom stereocenters. The molecule has 1 aliphatic rings. The lowest BCUT2D eigenvalue weighted by Crippen LogP contribution is -2.22. The van der Waals surface area contributed by atoms with E-state index < -0.39 is 0 Å². The summed E-state index contributed by atoms with van der Waals surface area (Å²) in [6, 6.07) is 0. The summed E-state index contributed by atoms with van der Waals surface area (Å²) in [7, 11) is 0. The SMILES string of the molecule is CCN(/C=C\CC(C)CCN1CCCC1)CC. The third kappa shape index (κ3) is 6.11. The standard InChI is InChI=1S/C15H30N2/c1-4-16(5-2)13-8-9-15(3)10-14-17-11-6-7-12-17/h8,13,15H,4-7,9-12,14H2,1-3H3/b13-8-. The van der Waals surface area contributed by atoms with Crippen LogP contribution in [0.3, 0.4) is 0 Å². The molecule has 2 heteroatoms. The lowest BCUT2D eigenvalue weighted by molar-refractivity contribution is 0.308. The zero-order chi connectivity index (χ0) is 12.5. The molecule has 1 fully saturated rings. The third-order valence-corrected chi connectivity index (χ3v) is 3.80. The van der Waals surface area contributed by atoms with Crippen LogP contribution >= 0.6 is 0 Å². The lowest BCUT2D eigenvalue weighted by Gasteiger charge is -2.18. The minimum absolute atomic E-state index is 0.822. The molecule has 0 aromatic rings. The maximum atomic E-state index is 2.62. The zero-order valence-electron chi connectivity index (χ0n) is 12.0. The Kier molecular flexibility index (Phi) is 7.34. The summed E-state index contributed by atoms with van der Waals surface area (Å²) in [5.41, 5.74) is 0. The zero-order valence-corrected chi connectivity index (χ0v) is 12.0. The molecule has 1 heterocycles. The first-order chi connectivity index (χ1) is 8.26. The van der Waals surface area contributed by atoms with E-state index in [0.717, 1.165) is 19.0 Å². The van der Waals surface area contributed by atoms with Crippen LogP contribution in [0, 0.1) is 5.92 Å². The second-order valence-electron chi connectivity index (χ2n) is 5.28. The third-order valence-electron chi connectivity index (χ3n) is 3.80. The summed E-state index contributed by atoms with van der Waals surface area (Å²) < 4.78 is 0. The maximum Gasteiger partial charge on any atom is 0.0143 e. The predicted molar refractivity (Wildman–Crippen MR) is 76.1 cm³/mol. The van der Waals surface area contributed by atoms with Crippen molar-refractivity contribution in [2.75, 3.05) is 32.7 Å². The average molecular weight is 238 g/mol. The van der Waals surface area contributed by atoms with Crippen molar-refractivity contribution >= 4 is 0 Å². The first-order valence-corrected chi connectivity index (χ1v) is 7.39. The molecule has 1 saturated heterocycles. The fourth-order valence-electron chi connectivity index (χ4n) is 2.40. The van der Waals surface area contributed by atoms with Crippen molar-refractivity contribution < 1.29 is 0 Å². The van der Waals surface area contributed by atoms with Crippen LogP contribution < -0.4 is 0 Å². The van der Waals surface area contributed by atoms with Crippen molar-refractivity contribution in [3.05, 3.63) is 12.3 Å². The molecule has 0 spiro atoms. The van der Waals surface area contributed by atoms with E-state index in [2.05, 4.69) is 42.8 Å². The van der Waals surface area contributed by atoms with Crippen LogP contribution in [-0.4, -0.2) is 42.5 Å². The quantitative estimate of drug-likeness (QED) is 0.640. The summed E-state index contributed by atoms with van der Waals surface area (Å²) >= 11 is 0. The Morgan fingerprint density at radius 3 is 2.41 bits per heavy atom. The molecule has 1 aliphatic heterocycles. The van der Waals surface area contributed by atoms with Crippen molar-refractivity contribution in [3.63, 3.8) is 0 Å². The highest BCUT2D eigenvalue weighted by Crippen LogP contribution is 2.13. The first-order valence-electron chi connectivity index (χ1n) is 7.39. The molecule has 1 rings (SSSR count). The van der Waals surface area contributed by atoms with E-state index in [-0.39, 0.29) is 0 Å². The molecule has 0 amide bonds. The molecule has 1 unspecified atom stereocenters. The average Bonchev–Trinajstić information content (AvgIpc) is 2.85. The number of hydrogen-bond acceptors (Lipinski definition) is 2. The summed E-state index contributed by atoms with van der Waals surface area (Å²) in [5, 5.41) is 0. The Balaban J connectivity index is 2.09. The van der Waals surface area contributed by atoms with Gasteiger partial charge in [-0.1, -0.05) is 13.0 Å². The van der Waals surface area contributed by atoms with Crippen molar-refractivity contribution in [1.82, 2.24) is 9.80 Å². The minimum atomic E-state index is 0.822. The molecule has 0 radical (unpaired) electrons. The predicted octanol–water partition coefficient (Wildman–Crippen LogP) is 3.35. The molecule has 17 heavy (non-hydrogen) atoms. The van der Waals surface area contributed by atoms with Gasteiger partial charge in [0.25, 0.3) is 0 Å². The number of allylic oxidation sites excluding steroid dienone is 1. The summed E-state index contributed by atoms with van der Waals surface area (Å²) in [6.45, 7) is 13.0. The van der Waals surface area contributed by atoms with Crippen LogP contribution in [0.4, 0.5) is 0 Å². The van der Waals surface area contributed by atoms with Crippen molar-refractivity contribution in [2.24, 2.45) is 5.92 Å². The van der Waals surface area contributed by atoms with Gasteiger partial charge in [0.2, 0.25) is 0 Å². The van der Waals surface area contributed by atoms with Gasteiger partial charge < -0.3 is 9.80 Å². The van der Waals surface area contributed by atoms with Gasteiger partial charge >= 0.3 is 0 Å². The van der Waals surface area contributed by atoms with E-state index in [9.17, 15) is 0 Å². The molecule has 100 valence electrons. The monoisotopic (exact) mass is 238 g/mol. The van der Waals surface area contributed by atoms with E-state index in [1.807, 2.05) is 0 Å². The molecule has 0 N–H and O–H groups in total. The molecule has 0 aliphatic carbocycles. The lowest BCUT2D eigenvalue weighted by atomic mass is 10.0. The first kappa shape index (κ1) is 14.6. The smallest absolute Gasteiger partial charge is 0.0143 e. The van der Waals surface area contributed by atoms with E-state index in [1.54, 1.807) is 0 Å². The Morgan fingerprint density at radius 1 is 1.18 bits per heavy atom. The Bertz CT molecular complexity index is 203. The van der Waals surface area contributed by atoms with E-state index >= 15 is 0 Å². The Labute approximate surface area is 108 Å². The number of likely N-dealkylation sites (tertiary alicyclic amines) is 1. The highest BCUT2D eigenvalue weighted by Gasteiger charge is 2.11. The number of rotatable bonds is 8. The molecular weight excluding hydrogens is 208 g/mol. The van der Waals surface area contributed by atoms with Crippen LogP contribution in [0.5, 0.6) is 0 Å². The molecule has 0 aromatic heterocycles. The van der Waals surface area contributed by atoms with Crippen LogP contribution in [0.25, 0.3) is 0 Å². The highest BCUT2D eigenvalue weighted by atomic mass is 15.1. The van der Waals surface area contributed by atoms with Gasteiger partial charge in [-0.25, -0.2) is 0 Å². The number of hydrogen-bond donors (Lipinski definition) is 0. The largest absolute Gasteiger partial charge is 0.378 e. The van der Waals surface area contributed by atoms with Gasteiger partial charge in [0.05, 0.1) is 0 Å². The van der Waals surface area contributed by atoms with Crippen LogP contribution in [0.15, 0.2) is 12.3 Å². The normalized spacial score (nSPS) is 19.0. The van der Waals surface area contributed by atoms with Gasteiger partial charge in [0, 0.05) is 13.1 Å². The highest BCUT2D eigenvalue weighted by molar-refractivity contribution is 4.83. The van der Waals surface area contributed by atoms with Gasteiger partial charge in [0.15, 0.2) is 0 Å². The Hall–Kier alpha value is -0.500. The van der Waals surface area contributed by atoms with E-state index in [4.69, 9.17) is 0 Å².